The molecule has 1 heterocycles. The number of halogens is 3. The van der Waals surface area contributed by atoms with Gasteiger partial charge in [0.05, 0.1) is 22.8 Å². The van der Waals surface area contributed by atoms with Crippen LogP contribution in [-0.2, 0) is 6.54 Å². The molecule has 0 spiro atoms. The van der Waals surface area contributed by atoms with E-state index < -0.39 is 0 Å². The fraction of sp³-hybridized carbons (Fsp3) is 0.100. The summed E-state index contributed by atoms with van der Waals surface area (Å²) >= 11 is 11.7. The third-order valence-electron chi connectivity index (χ3n) is 1.87. The molecule has 0 aliphatic rings. The van der Waals surface area contributed by atoms with Gasteiger partial charge in [0, 0.05) is 5.69 Å². The Balaban J connectivity index is 0.00000128. The number of anilines is 1. The molecule has 3 nitrogen and oxygen atoms in total. The van der Waals surface area contributed by atoms with Gasteiger partial charge in [-0.1, -0.05) is 23.2 Å². The monoisotopic (exact) mass is 278 g/mol. The van der Waals surface area contributed by atoms with Gasteiger partial charge < -0.3 is 9.73 Å². The number of nitrogens with zero attached hydrogens (tertiary/aromatic N) is 1. The van der Waals surface area contributed by atoms with Crippen molar-refractivity contribution in [1.29, 1.82) is 0 Å². The van der Waals surface area contributed by atoms with E-state index in [1.807, 2.05) is 6.07 Å². The van der Waals surface area contributed by atoms with Crippen molar-refractivity contribution in [2.45, 2.75) is 6.54 Å². The van der Waals surface area contributed by atoms with Crippen molar-refractivity contribution < 1.29 is 4.42 Å². The van der Waals surface area contributed by atoms with Crippen molar-refractivity contribution in [3.05, 3.63) is 46.6 Å². The largest absolute Gasteiger partial charge is 0.447 e. The maximum atomic E-state index is 5.87. The minimum absolute atomic E-state index is 0. The van der Waals surface area contributed by atoms with Crippen LogP contribution in [0.4, 0.5) is 5.69 Å². The number of rotatable bonds is 3. The molecule has 0 aliphatic carbocycles. The van der Waals surface area contributed by atoms with Crippen LogP contribution in [-0.4, -0.2) is 4.98 Å². The SMILES string of the molecule is Cl.Clc1ccc(NCc2cnco2)cc1Cl. The highest BCUT2D eigenvalue weighted by molar-refractivity contribution is 6.42. The lowest BCUT2D eigenvalue weighted by molar-refractivity contribution is 0.512. The zero-order valence-electron chi connectivity index (χ0n) is 8.11. The number of aromatic nitrogens is 1. The standard InChI is InChI=1S/C10H8Cl2N2O.ClH/c11-9-2-1-7(3-10(9)12)14-5-8-4-13-6-15-8;/h1-4,6,14H,5H2;1H. The second-order valence-electron chi connectivity index (χ2n) is 2.95. The van der Waals surface area contributed by atoms with E-state index in [2.05, 4.69) is 10.3 Å². The van der Waals surface area contributed by atoms with Crippen molar-refractivity contribution in [2.24, 2.45) is 0 Å². The predicted octanol–water partition coefficient (Wildman–Crippen LogP) is 4.02. The highest BCUT2D eigenvalue weighted by Crippen LogP contribution is 2.25. The third-order valence-corrected chi connectivity index (χ3v) is 2.61. The molecule has 0 bridgehead atoms. The molecule has 2 rings (SSSR count). The Bertz CT molecular complexity index is 445. The van der Waals surface area contributed by atoms with Crippen LogP contribution < -0.4 is 5.32 Å². The second kappa shape index (κ2) is 5.99. The molecule has 0 amide bonds. The molecular formula is C10H9Cl3N2O. The Labute approximate surface area is 109 Å². The van der Waals surface area contributed by atoms with Gasteiger partial charge in [0.25, 0.3) is 0 Å². The molecule has 0 saturated heterocycles. The zero-order chi connectivity index (χ0) is 10.7. The summed E-state index contributed by atoms with van der Waals surface area (Å²) in [6.07, 6.45) is 3.05. The Kier molecular flexibility index (Phi) is 4.93. The molecule has 0 fully saturated rings. The average Bonchev–Trinajstić information content (AvgIpc) is 2.73. The Morgan fingerprint density at radius 2 is 2.06 bits per heavy atom. The van der Waals surface area contributed by atoms with Crippen molar-refractivity contribution in [3.8, 4) is 0 Å². The third kappa shape index (κ3) is 3.30. The summed E-state index contributed by atoms with van der Waals surface area (Å²) in [6, 6.07) is 5.36. The van der Waals surface area contributed by atoms with Crippen LogP contribution in [0.1, 0.15) is 5.76 Å². The van der Waals surface area contributed by atoms with Gasteiger partial charge in [-0.2, -0.15) is 0 Å². The van der Waals surface area contributed by atoms with E-state index in [4.69, 9.17) is 27.6 Å². The highest BCUT2D eigenvalue weighted by atomic mass is 35.5. The molecule has 0 aliphatic heterocycles. The maximum absolute atomic E-state index is 5.87. The van der Waals surface area contributed by atoms with E-state index in [-0.39, 0.29) is 12.4 Å². The minimum Gasteiger partial charge on any atom is -0.447 e. The van der Waals surface area contributed by atoms with Gasteiger partial charge in [-0.25, -0.2) is 4.98 Å². The van der Waals surface area contributed by atoms with Crippen molar-refractivity contribution in [2.75, 3.05) is 5.32 Å². The van der Waals surface area contributed by atoms with Gasteiger partial charge >= 0.3 is 0 Å². The molecule has 2 aromatic rings. The lowest BCUT2D eigenvalue weighted by Gasteiger charge is -2.04. The summed E-state index contributed by atoms with van der Waals surface area (Å²) in [4.78, 5) is 3.81. The van der Waals surface area contributed by atoms with Crippen LogP contribution in [0, 0.1) is 0 Å². The predicted molar refractivity (Wildman–Crippen MR) is 67.5 cm³/mol. The fourth-order valence-corrected chi connectivity index (χ4v) is 1.42. The first-order chi connectivity index (χ1) is 7.25. The summed E-state index contributed by atoms with van der Waals surface area (Å²) in [7, 11) is 0. The lowest BCUT2D eigenvalue weighted by atomic mass is 10.3. The molecule has 0 saturated carbocycles. The van der Waals surface area contributed by atoms with Gasteiger partial charge in [-0.3, -0.25) is 0 Å². The van der Waals surface area contributed by atoms with E-state index >= 15 is 0 Å². The fourth-order valence-electron chi connectivity index (χ4n) is 1.12. The lowest BCUT2D eigenvalue weighted by Crippen LogP contribution is -1.97. The van der Waals surface area contributed by atoms with E-state index in [1.54, 1.807) is 18.3 Å². The summed E-state index contributed by atoms with van der Waals surface area (Å²) in [5, 5.41) is 4.21. The van der Waals surface area contributed by atoms with Crippen molar-refractivity contribution in [3.63, 3.8) is 0 Å². The van der Waals surface area contributed by atoms with E-state index in [0.717, 1.165) is 11.4 Å². The van der Waals surface area contributed by atoms with Crippen LogP contribution in [0.25, 0.3) is 0 Å². The van der Waals surface area contributed by atoms with Crippen LogP contribution in [0.15, 0.2) is 35.2 Å². The minimum atomic E-state index is 0. The molecule has 0 radical (unpaired) electrons. The van der Waals surface area contributed by atoms with Gasteiger partial charge in [-0.05, 0) is 18.2 Å². The molecule has 0 unspecified atom stereocenters. The first-order valence-corrected chi connectivity index (χ1v) is 5.07. The molecule has 16 heavy (non-hydrogen) atoms. The summed E-state index contributed by atoms with van der Waals surface area (Å²) in [5.41, 5.74) is 0.890. The van der Waals surface area contributed by atoms with E-state index in [0.29, 0.717) is 16.6 Å². The normalized spacial score (nSPS) is 9.62. The molecule has 86 valence electrons. The Morgan fingerprint density at radius 3 is 2.69 bits per heavy atom. The number of benzene rings is 1. The molecule has 0 atom stereocenters. The number of oxazole rings is 1. The zero-order valence-corrected chi connectivity index (χ0v) is 10.4. The quantitative estimate of drug-likeness (QED) is 0.922. The van der Waals surface area contributed by atoms with E-state index in [1.165, 1.54) is 6.39 Å². The highest BCUT2D eigenvalue weighted by Gasteiger charge is 2.00. The summed E-state index contributed by atoms with van der Waals surface area (Å²) in [5.74, 6) is 0.765. The molecular weight excluding hydrogens is 270 g/mol. The first-order valence-electron chi connectivity index (χ1n) is 4.32. The summed E-state index contributed by atoms with van der Waals surface area (Å²) in [6.45, 7) is 0.567. The number of hydrogen-bond acceptors (Lipinski definition) is 3. The van der Waals surface area contributed by atoms with Gasteiger partial charge in [0.2, 0.25) is 0 Å². The number of hydrogen-bond donors (Lipinski definition) is 1. The van der Waals surface area contributed by atoms with Gasteiger partial charge in [0.15, 0.2) is 6.39 Å². The Hall–Kier alpha value is -0.900. The molecule has 1 N–H and O–H groups in total. The topological polar surface area (TPSA) is 38.1 Å². The molecule has 1 aromatic heterocycles. The van der Waals surface area contributed by atoms with Crippen LogP contribution in [0.3, 0.4) is 0 Å². The van der Waals surface area contributed by atoms with Crippen LogP contribution >= 0.6 is 35.6 Å². The van der Waals surface area contributed by atoms with Crippen molar-refractivity contribution in [1.82, 2.24) is 4.98 Å². The van der Waals surface area contributed by atoms with Gasteiger partial charge in [0.1, 0.15) is 5.76 Å². The van der Waals surface area contributed by atoms with Gasteiger partial charge in [-0.15, -0.1) is 12.4 Å². The average molecular weight is 280 g/mol. The molecule has 6 heteroatoms. The number of nitrogens with one attached hydrogen (secondary N) is 1. The van der Waals surface area contributed by atoms with Crippen molar-refractivity contribution >= 4 is 41.3 Å². The first kappa shape index (κ1) is 13.2. The maximum Gasteiger partial charge on any atom is 0.180 e. The smallest absolute Gasteiger partial charge is 0.180 e. The van der Waals surface area contributed by atoms with Crippen LogP contribution in [0.5, 0.6) is 0 Å². The second-order valence-corrected chi connectivity index (χ2v) is 3.76. The summed E-state index contributed by atoms with van der Waals surface area (Å²) < 4.78 is 5.08. The van der Waals surface area contributed by atoms with Crippen LogP contribution in [0.2, 0.25) is 10.0 Å². The van der Waals surface area contributed by atoms with E-state index in [9.17, 15) is 0 Å². The Morgan fingerprint density at radius 1 is 1.25 bits per heavy atom. The molecule has 1 aromatic carbocycles.